The molecule has 2 aliphatic heterocycles. The van der Waals surface area contributed by atoms with Gasteiger partial charge in [0.15, 0.2) is 0 Å². The molecule has 2 saturated heterocycles. The van der Waals surface area contributed by atoms with Crippen LogP contribution >= 0.6 is 0 Å². The van der Waals surface area contributed by atoms with Crippen molar-refractivity contribution >= 4 is 5.91 Å². The quantitative estimate of drug-likeness (QED) is 0.843. The van der Waals surface area contributed by atoms with E-state index in [1.54, 1.807) is 0 Å². The molecule has 108 valence electrons. The van der Waals surface area contributed by atoms with Crippen molar-refractivity contribution in [3.8, 4) is 0 Å². The van der Waals surface area contributed by atoms with E-state index in [1.165, 1.54) is 6.42 Å². The van der Waals surface area contributed by atoms with Gasteiger partial charge in [0.05, 0.1) is 6.10 Å². The number of amides is 1. The van der Waals surface area contributed by atoms with Crippen LogP contribution in [0.25, 0.3) is 0 Å². The fourth-order valence-electron chi connectivity index (χ4n) is 3.99. The first kappa shape index (κ1) is 13.4. The highest BCUT2D eigenvalue weighted by Gasteiger charge is 2.38. The highest BCUT2D eigenvalue weighted by atomic mass is 16.5. The Hall–Kier alpha value is -0.610. The van der Waals surface area contributed by atoms with Crippen molar-refractivity contribution in [3.63, 3.8) is 0 Å². The first-order valence-electron chi connectivity index (χ1n) is 7.87. The normalized spacial score (nSPS) is 38.5. The van der Waals surface area contributed by atoms with Gasteiger partial charge in [-0.05, 0) is 50.4 Å². The highest BCUT2D eigenvalue weighted by Crippen LogP contribution is 2.36. The van der Waals surface area contributed by atoms with Crippen molar-refractivity contribution in [2.75, 3.05) is 19.7 Å². The number of fused-ring (bicyclic) bond motifs is 1. The summed E-state index contributed by atoms with van der Waals surface area (Å²) in [6.07, 6.45) is 7.65. The zero-order valence-corrected chi connectivity index (χ0v) is 11.7. The Morgan fingerprint density at radius 3 is 2.84 bits per heavy atom. The van der Waals surface area contributed by atoms with Gasteiger partial charge < -0.3 is 15.4 Å². The van der Waals surface area contributed by atoms with Crippen LogP contribution in [0.1, 0.15) is 44.9 Å². The van der Waals surface area contributed by atoms with Gasteiger partial charge in [-0.1, -0.05) is 0 Å². The van der Waals surface area contributed by atoms with E-state index in [4.69, 9.17) is 10.5 Å². The average molecular weight is 266 g/mol. The van der Waals surface area contributed by atoms with Gasteiger partial charge in [0.25, 0.3) is 0 Å². The molecule has 0 radical (unpaired) electrons. The minimum Gasteiger partial charge on any atom is -0.378 e. The summed E-state index contributed by atoms with van der Waals surface area (Å²) in [4.78, 5) is 14.4. The summed E-state index contributed by atoms with van der Waals surface area (Å²) >= 11 is 0. The molecule has 0 aromatic heterocycles. The number of rotatable bonds is 3. The number of carbonyl (C=O) groups is 1. The number of ether oxygens (including phenoxy) is 1. The molecule has 3 aliphatic rings. The molecular weight excluding hydrogens is 240 g/mol. The third kappa shape index (κ3) is 3.11. The van der Waals surface area contributed by atoms with Crippen molar-refractivity contribution in [3.05, 3.63) is 0 Å². The van der Waals surface area contributed by atoms with Crippen LogP contribution in [0.4, 0.5) is 0 Å². The van der Waals surface area contributed by atoms with Gasteiger partial charge in [-0.15, -0.1) is 0 Å². The summed E-state index contributed by atoms with van der Waals surface area (Å²) in [5.74, 6) is 1.71. The summed E-state index contributed by atoms with van der Waals surface area (Å²) in [7, 11) is 0. The number of hydrogen-bond acceptors (Lipinski definition) is 3. The summed E-state index contributed by atoms with van der Waals surface area (Å²) < 4.78 is 5.59. The summed E-state index contributed by atoms with van der Waals surface area (Å²) in [6.45, 7) is 2.80. The molecule has 0 spiro atoms. The predicted molar refractivity (Wildman–Crippen MR) is 73.6 cm³/mol. The number of nitrogens with two attached hydrogens (primary N) is 1. The summed E-state index contributed by atoms with van der Waals surface area (Å²) in [6, 6.07) is 0.364. The van der Waals surface area contributed by atoms with Crippen LogP contribution < -0.4 is 5.73 Å². The molecule has 4 heteroatoms. The maximum atomic E-state index is 12.3. The zero-order chi connectivity index (χ0) is 13.2. The van der Waals surface area contributed by atoms with E-state index in [0.717, 1.165) is 51.8 Å². The summed E-state index contributed by atoms with van der Waals surface area (Å²) in [5.41, 5.74) is 6.03. The molecule has 2 unspecified atom stereocenters. The Morgan fingerprint density at radius 1 is 1.21 bits per heavy atom. The molecule has 3 rings (SSSR count). The molecule has 4 atom stereocenters. The lowest BCUT2D eigenvalue weighted by molar-refractivity contribution is -0.131. The van der Waals surface area contributed by atoms with Crippen molar-refractivity contribution in [2.45, 2.75) is 57.1 Å². The Bertz CT molecular complexity index is 328. The second-order valence-corrected chi connectivity index (χ2v) is 6.57. The van der Waals surface area contributed by atoms with Crippen LogP contribution in [0, 0.1) is 11.8 Å². The lowest BCUT2D eigenvalue weighted by Crippen LogP contribution is -2.32. The van der Waals surface area contributed by atoms with Crippen molar-refractivity contribution in [1.29, 1.82) is 0 Å². The first-order valence-corrected chi connectivity index (χ1v) is 7.87. The van der Waals surface area contributed by atoms with E-state index in [2.05, 4.69) is 4.90 Å². The minimum atomic E-state index is 0.332. The molecule has 1 aliphatic carbocycles. The Balaban J connectivity index is 1.45. The van der Waals surface area contributed by atoms with Gasteiger partial charge >= 0.3 is 0 Å². The standard InChI is InChI=1S/C15H26N2O2/c16-13-4-3-11-9-17(10-12(11)8-13)15(18)6-5-14-2-1-7-19-14/h11-14H,1-10,16H2/t11-,12+,13?,14?/m1/s1. The second-order valence-electron chi connectivity index (χ2n) is 6.57. The molecule has 4 nitrogen and oxygen atoms in total. The van der Waals surface area contributed by atoms with Gasteiger partial charge in [-0.25, -0.2) is 0 Å². The van der Waals surface area contributed by atoms with Crippen molar-refractivity contribution < 1.29 is 9.53 Å². The molecule has 19 heavy (non-hydrogen) atoms. The Labute approximate surface area is 115 Å². The molecule has 1 saturated carbocycles. The maximum absolute atomic E-state index is 12.3. The van der Waals surface area contributed by atoms with Gasteiger partial charge in [-0.3, -0.25) is 4.79 Å². The van der Waals surface area contributed by atoms with E-state index in [9.17, 15) is 4.79 Å². The fraction of sp³-hybridized carbons (Fsp3) is 0.933. The zero-order valence-electron chi connectivity index (χ0n) is 11.7. The minimum absolute atomic E-state index is 0.332. The smallest absolute Gasteiger partial charge is 0.222 e. The lowest BCUT2D eigenvalue weighted by atomic mass is 9.79. The van der Waals surface area contributed by atoms with Crippen LogP contribution in [-0.2, 0) is 9.53 Å². The molecule has 2 heterocycles. The van der Waals surface area contributed by atoms with Crippen LogP contribution in [0.5, 0.6) is 0 Å². The molecule has 0 bridgehead atoms. The van der Waals surface area contributed by atoms with Gasteiger partial charge in [-0.2, -0.15) is 0 Å². The molecular formula is C15H26N2O2. The van der Waals surface area contributed by atoms with E-state index < -0.39 is 0 Å². The van der Waals surface area contributed by atoms with Gasteiger partial charge in [0, 0.05) is 32.2 Å². The van der Waals surface area contributed by atoms with E-state index >= 15 is 0 Å². The lowest BCUT2D eigenvalue weighted by Gasteiger charge is -2.27. The Morgan fingerprint density at radius 2 is 2.05 bits per heavy atom. The van der Waals surface area contributed by atoms with Gasteiger partial charge in [0.1, 0.15) is 0 Å². The van der Waals surface area contributed by atoms with Crippen molar-refractivity contribution in [1.82, 2.24) is 4.90 Å². The predicted octanol–water partition coefficient (Wildman–Crippen LogP) is 1.53. The molecule has 3 fully saturated rings. The van der Waals surface area contributed by atoms with Crippen LogP contribution in [0.3, 0.4) is 0 Å². The van der Waals surface area contributed by atoms with E-state index in [1.807, 2.05) is 0 Å². The second kappa shape index (κ2) is 5.80. The largest absolute Gasteiger partial charge is 0.378 e. The third-order valence-corrected chi connectivity index (χ3v) is 5.15. The number of carbonyl (C=O) groups excluding carboxylic acids is 1. The van der Waals surface area contributed by atoms with E-state index in [0.29, 0.717) is 36.3 Å². The summed E-state index contributed by atoms with van der Waals surface area (Å²) in [5, 5.41) is 0. The monoisotopic (exact) mass is 266 g/mol. The molecule has 2 N–H and O–H groups in total. The third-order valence-electron chi connectivity index (χ3n) is 5.15. The number of nitrogens with zero attached hydrogens (tertiary/aromatic N) is 1. The van der Waals surface area contributed by atoms with Crippen LogP contribution in [0.2, 0.25) is 0 Å². The number of hydrogen-bond donors (Lipinski definition) is 1. The van der Waals surface area contributed by atoms with Crippen LogP contribution in [-0.4, -0.2) is 42.6 Å². The fourth-order valence-corrected chi connectivity index (χ4v) is 3.99. The van der Waals surface area contributed by atoms with Crippen molar-refractivity contribution in [2.24, 2.45) is 17.6 Å². The van der Waals surface area contributed by atoms with Gasteiger partial charge in [0.2, 0.25) is 5.91 Å². The average Bonchev–Trinajstić information content (AvgIpc) is 3.04. The van der Waals surface area contributed by atoms with E-state index in [-0.39, 0.29) is 0 Å². The van der Waals surface area contributed by atoms with Crippen LogP contribution in [0.15, 0.2) is 0 Å². The SMILES string of the molecule is NC1CC[C@@H]2CN(C(=O)CCC3CCCO3)C[C@@H]2C1. The number of likely N-dealkylation sites (tertiary alicyclic amines) is 1. The first-order chi connectivity index (χ1) is 9.22. The highest BCUT2D eigenvalue weighted by molar-refractivity contribution is 5.76. The Kier molecular flexibility index (Phi) is 4.08. The molecule has 0 aromatic carbocycles. The topological polar surface area (TPSA) is 55.6 Å². The maximum Gasteiger partial charge on any atom is 0.222 e. The molecule has 0 aromatic rings. The molecule has 1 amide bonds.